The largest absolute Gasteiger partial charge is 0.277 e. The number of nitrogens with zero attached hydrogens (tertiary/aromatic N) is 4. The van der Waals surface area contributed by atoms with Gasteiger partial charge in [-0.1, -0.05) is 11.2 Å². The summed E-state index contributed by atoms with van der Waals surface area (Å²) < 4.78 is 0. The molecule has 0 fully saturated rings. The molecule has 0 N–H and O–H groups in total. The lowest BCUT2D eigenvalue weighted by molar-refractivity contribution is -0.385. The van der Waals surface area contributed by atoms with Crippen molar-refractivity contribution in [3.8, 4) is 0 Å². The van der Waals surface area contributed by atoms with E-state index < -0.39 is 4.92 Å². The van der Waals surface area contributed by atoms with Gasteiger partial charge in [0, 0.05) is 16.7 Å². The number of nitro benzene ring substituents is 1. The van der Waals surface area contributed by atoms with E-state index in [0.717, 1.165) is 6.07 Å². The summed E-state index contributed by atoms with van der Waals surface area (Å²) in [5, 5.41) is 13.4. The lowest BCUT2D eigenvalue weighted by Crippen LogP contribution is -1.86. The zero-order valence-electron chi connectivity index (χ0n) is 5.84. The first-order valence-electron chi connectivity index (χ1n) is 2.95. The van der Waals surface area contributed by atoms with Gasteiger partial charge in [0.1, 0.15) is 0 Å². The molecular weight excluding hydrogens is 160 g/mol. The monoisotopic (exact) mass is 163 g/mol. The first kappa shape index (κ1) is 8.03. The standard InChI is InChI=1S/C6H3N4O2/c7-9-8-5-2-1-3-6(4-5)10(11)12/h1-2,4H. The Morgan fingerprint density at radius 3 is 3.08 bits per heavy atom. The van der Waals surface area contributed by atoms with Crippen molar-refractivity contribution in [1.82, 2.24) is 0 Å². The molecule has 1 aromatic carbocycles. The zero-order valence-corrected chi connectivity index (χ0v) is 5.84. The van der Waals surface area contributed by atoms with E-state index in [1.165, 1.54) is 12.1 Å². The minimum absolute atomic E-state index is 0.208. The van der Waals surface area contributed by atoms with Crippen molar-refractivity contribution < 1.29 is 4.92 Å². The second-order valence-electron chi connectivity index (χ2n) is 1.88. The van der Waals surface area contributed by atoms with Crippen LogP contribution < -0.4 is 0 Å². The van der Waals surface area contributed by atoms with Crippen LogP contribution in [0.3, 0.4) is 0 Å². The number of rotatable bonds is 2. The molecule has 6 nitrogen and oxygen atoms in total. The van der Waals surface area contributed by atoms with E-state index >= 15 is 0 Å². The average molecular weight is 163 g/mol. The van der Waals surface area contributed by atoms with Crippen LogP contribution in [0.15, 0.2) is 23.3 Å². The molecule has 0 saturated heterocycles. The zero-order chi connectivity index (χ0) is 8.97. The molecule has 59 valence electrons. The van der Waals surface area contributed by atoms with Gasteiger partial charge in [0.15, 0.2) is 0 Å². The highest BCUT2D eigenvalue weighted by Gasteiger charge is 2.04. The third kappa shape index (κ3) is 1.71. The molecule has 0 aliphatic rings. The lowest BCUT2D eigenvalue weighted by Gasteiger charge is -1.90. The number of nitro groups is 1. The Balaban J connectivity index is 3.11. The molecule has 0 atom stereocenters. The molecule has 0 bridgehead atoms. The van der Waals surface area contributed by atoms with Gasteiger partial charge in [0.25, 0.3) is 5.69 Å². The first-order valence-corrected chi connectivity index (χ1v) is 2.95. The molecule has 1 radical (unpaired) electrons. The van der Waals surface area contributed by atoms with Gasteiger partial charge < -0.3 is 0 Å². The van der Waals surface area contributed by atoms with Crippen LogP contribution in [-0.4, -0.2) is 4.92 Å². The summed E-state index contributed by atoms with van der Waals surface area (Å²) in [6, 6.07) is 6.31. The van der Waals surface area contributed by atoms with E-state index in [9.17, 15) is 10.1 Å². The van der Waals surface area contributed by atoms with Crippen LogP contribution in [0.25, 0.3) is 10.4 Å². The number of benzene rings is 1. The SMILES string of the molecule is [N-]=[N+]=Nc1cc[c]c([N+](=O)[O-])c1. The maximum absolute atomic E-state index is 10.2. The average Bonchev–Trinajstić information content (AvgIpc) is 2.05. The normalized spacial score (nSPS) is 8.67. The first-order chi connectivity index (χ1) is 5.74. The van der Waals surface area contributed by atoms with Crippen LogP contribution in [0, 0.1) is 16.2 Å². The van der Waals surface area contributed by atoms with Gasteiger partial charge in [0.05, 0.1) is 11.0 Å². The lowest BCUT2D eigenvalue weighted by atomic mass is 10.3. The van der Waals surface area contributed by atoms with Crippen LogP contribution in [-0.2, 0) is 0 Å². The fraction of sp³-hybridized carbons (Fsp3) is 0. The Morgan fingerprint density at radius 2 is 2.50 bits per heavy atom. The van der Waals surface area contributed by atoms with Gasteiger partial charge in [-0.05, 0) is 11.6 Å². The fourth-order valence-corrected chi connectivity index (χ4v) is 0.662. The van der Waals surface area contributed by atoms with Crippen LogP contribution in [0.5, 0.6) is 0 Å². The molecule has 0 unspecified atom stereocenters. The summed E-state index contributed by atoms with van der Waals surface area (Å²) in [6.07, 6.45) is 0. The molecule has 1 aromatic rings. The Bertz CT molecular complexity index is 339. The third-order valence-electron chi connectivity index (χ3n) is 1.13. The molecule has 0 aromatic heterocycles. The molecule has 0 amide bonds. The Hall–Kier alpha value is -2.07. The molecule has 0 heterocycles. The van der Waals surface area contributed by atoms with Crippen molar-refractivity contribution in [3.63, 3.8) is 0 Å². The van der Waals surface area contributed by atoms with Crippen molar-refractivity contribution in [2.24, 2.45) is 5.11 Å². The van der Waals surface area contributed by atoms with Gasteiger partial charge in [0.2, 0.25) is 0 Å². The van der Waals surface area contributed by atoms with Crippen LogP contribution in [0.2, 0.25) is 0 Å². The predicted molar refractivity (Wildman–Crippen MR) is 40.7 cm³/mol. The van der Waals surface area contributed by atoms with E-state index in [-0.39, 0.29) is 11.4 Å². The molecular formula is C6H3N4O2. The van der Waals surface area contributed by atoms with Crippen molar-refractivity contribution >= 4 is 11.4 Å². The van der Waals surface area contributed by atoms with Crippen LogP contribution >= 0.6 is 0 Å². The molecule has 12 heavy (non-hydrogen) atoms. The Labute approximate surface area is 67.2 Å². The summed E-state index contributed by atoms with van der Waals surface area (Å²) in [4.78, 5) is 12.1. The van der Waals surface area contributed by atoms with Crippen molar-refractivity contribution in [3.05, 3.63) is 44.8 Å². The van der Waals surface area contributed by atoms with Gasteiger partial charge >= 0.3 is 0 Å². The number of azide groups is 1. The fourth-order valence-electron chi connectivity index (χ4n) is 0.662. The predicted octanol–water partition coefficient (Wildman–Crippen LogP) is 2.34. The second-order valence-corrected chi connectivity index (χ2v) is 1.88. The van der Waals surface area contributed by atoms with Gasteiger partial charge in [-0.25, -0.2) is 0 Å². The summed E-state index contributed by atoms with van der Waals surface area (Å²) in [7, 11) is 0. The highest BCUT2D eigenvalue weighted by molar-refractivity contribution is 5.45. The number of hydrogen-bond donors (Lipinski definition) is 0. The quantitative estimate of drug-likeness (QED) is 0.220. The highest BCUT2D eigenvalue weighted by Crippen LogP contribution is 2.18. The maximum Gasteiger partial charge on any atom is 0.277 e. The number of non-ortho nitro benzene ring substituents is 1. The third-order valence-corrected chi connectivity index (χ3v) is 1.13. The maximum atomic E-state index is 10.2. The van der Waals surface area contributed by atoms with Crippen LogP contribution in [0.4, 0.5) is 11.4 Å². The van der Waals surface area contributed by atoms with E-state index in [1.807, 2.05) is 0 Å². The van der Waals surface area contributed by atoms with Gasteiger partial charge in [-0.15, -0.1) is 0 Å². The molecule has 0 aliphatic heterocycles. The van der Waals surface area contributed by atoms with E-state index in [1.54, 1.807) is 0 Å². The van der Waals surface area contributed by atoms with Crippen LogP contribution in [0.1, 0.15) is 0 Å². The molecule has 0 aliphatic carbocycles. The Kier molecular flexibility index (Phi) is 2.25. The number of hydrogen-bond acceptors (Lipinski definition) is 3. The second kappa shape index (κ2) is 3.36. The smallest absolute Gasteiger partial charge is 0.258 e. The topological polar surface area (TPSA) is 91.9 Å². The van der Waals surface area contributed by atoms with Gasteiger partial charge in [-0.2, -0.15) is 0 Å². The molecule has 1 rings (SSSR count). The minimum atomic E-state index is -0.601. The van der Waals surface area contributed by atoms with E-state index in [2.05, 4.69) is 16.1 Å². The Morgan fingerprint density at radius 1 is 1.75 bits per heavy atom. The molecule has 6 heteroatoms. The van der Waals surface area contributed by atoms with E-state index in [0.29, 0.717) is 0 Å². The minimum Gasteiger partial charge on any atom is -0.258 e. The van der Waals surface area contributed by atoms with Crippen molar-refractivity contribution in [1.29, 1.82) is 0 Å². The summed E-state index contributed by atoms with van der Waals surface area (Å²) in [5.41, 5.74) is 8.03. The molecule has 0 saturated carbocycles. The van der Waals surface area contributed by atoms with Gasteiger partial charge in [-0.3, -0.25) is 10.1 Å². The summed E-state index contributed by atoms with van der Waals surface area (Å²) in [6.45, 7) is 0. The highest BCUT2D eigenvalue weighted by atomic mass is 16.6. The van der Waals surface area contributed by atoms with Crippen molar-refractivity contribution in [2.75, 3.05) is 0 Å². The molecule has 0 spiro atoms. The van der Waals surface area contributed by atoms with E-state index in [4.69, 9.17) is 5.53 Å². The van der Waals surface area contributed by atoms with Crippen molar-refractivity contribution in [2.45, 2.75) is 0 Å². The summed E-state index contributed by atoms with van der Waals surface area (Å²) in [5.74, 6) is 0. The summed E-state index contributed by atoms with van der Waals surface area (Å²) >= 11 is 0.